The molecule has 0 unspecified atom stereocenters. The SMILES string of the molecule is CCc1ccc(OCCCc2cc(F)cc3onc(C4CCNCC4)c23)cc1OC.Cl. The molecule has 0 spiro atoms. The molecule has 0 saturated carbocycles. The lowest BCUT2D eigenvalue weighted by Crippen LogP contribution is -2.26. The van der Waals surface area contributed by atoms with Crippen LogP contribution in [-0.4, -0.2) is 32.0 Å². The van der Waals surface area contributed by atoms with Crippen LogP contribution in [0.4, 0.5) is 4.39 Å². The molecule has 1 aliphatic rings. The zero-order chi connectivity index (χ0) is 20.9. The first-order valence-electron chi connectivity index (χ1n) is 10.8. The Kier molecular flexibility index (Phi) is 8.15. The van der Waals surface area contributed by atoms with E-state index in [1.54, 1.807) is 13.2 Å². The minimum Gasteiger partial charge on any atom is -0.496 e. The third-order valence-corrected chi connectivity index (χ3v) is 5.87. The van der Waals surface area contributed by atoms with Gasteiger partial charge >= 0.3 is 0 Å². The lowest BCUT2D eigenvalue weighted by atomic mass is 9.90. The molecule has 1 saturated heterocycles. The Morgan fingerprint density at radius 1 is 1.16 bits per heavy atom. The standard InChI is InChI=1S/C24H29FN2O3.ClH/c1-3-16-6-7-20(15-21(16)28-2)29-12-4-5-18-13-19(25)14-22-23(18)24(27-30-22)17-8-10-26-11-9-17;/h6-7,13-15,17,26H,3-5,8-12H2,1-2H3;1H. The summed E-state index contributed by atoms with van der Waals surface area (Å²) in [4.78, 5) is 0. The molecule has 1 N–H and O–H groups in total. The normalized spacial score (nSPS) is 14.4. The summed E-state index contributed by atoms with van der Waals surface area (Å²) in [7, 11) is 1.67. The molecule has 1 fully saturated rings. The maximum absolute atomic E-state index is 14.1. The van der Waals surface area contributed by atoms with Crippen molar-refractivity contribution in [3.05, 3.63) is 53.0 Å². The van der Waals surface area contributed by atoms with Crippen LogP contribution in [0.2, 0.25) is 0 Å². The minimum absolute atomic E-state index is 0. The highest BCUT2D eigenvalue weighted by molar-refractivity contribution is 5.85. The number of hydrogen-bond donors (Lipinski definition) is 1. The molecule has 0 atom stereocenters. The second-order valence-electron chi connectivity index (χ2n) is 7.81. The number of benzene rings is 2. The number of fused-ring (bicyclic) bond motifs is 1. The lowest BCUT2D eigenvalue weighted by molar-refractivity contribution is 0.308. The summed E-state index contributed by atoms with van der Waals surface area (Å²) in [5.74, 6) is 1.70. The lowest BCUT2D eigenvalue weighted by Gasteiger charge is -2.21. The highest BCUT2D eigenvalue weighted by Crippen LogP contribution is 2.34. The second kappa shape index (κ2) is 10.8. The quantitative estimate of drug-likeness (QED) is 0.465. The molecular formula is C24H30ClFN2O3. The van der Waals surface area contributed by atoms with Gasteiger partial charge in [-0.05, 0) is 68.5 Å². The Balaban J connectivity index is 0.00000272. The van der Waals surface area contributed by atoms with Crippen molar-refractivity contribution in [1.29, 1.82) is 0 Å². The summed E-state index contributed by atoms with van der Waals surface area (Å²) in [6, 6.07) is 8.98. The third-order valence-electron chi connectivity index (χ3n) is 5.87. The molecule has 3 aromatic rings. The summed E-state index contributed by atoms with van der Waals surface area (Å²) in [6.45, 7) is 4.59. The first-order chi connectivity index (χ1) is 14.7. The summed E-state index contributed by atoms with van der Waals surface area (Å²) in [5, 5.41) is 8.68. The van der Waals surface area contributed by atoms with Crippen LogP contribution >= 0.6 is 12.4 Å². The zero-order valence-corrected chi connectivity index (χ0v) is 18.9. The molecule has 0 radical (unpaired) electrons. The maximum atomic E-state index is 14.1. The highest BCUT2D eigenvalue weighted by atomic mass is 35.5. The number of methoxy groups -OCH3 is 1. The molecule has 168 valence electrons. The summed E-state index contributed by atoms with van der Waals surface area (Å²) in [6.07, 6.45) is 4.44. The van der Waals surface area contributed by atoms with Crippen molar-refractivity contribution in [2.75, 3.05) is 26.8 Å². The van der Waals surface area contributed by atoms with Gasteiger partial charge in [-0.1, -0.05) is 18.1 Å². The van der Waals surface area contributed by atoms with Gasteiger partial charge in [-0.3, -0.25) is 0 Å². The van der Waals surface area contributed by atoms with E-state index in [2.05, 4.69) is 17.4 Å². The van der Waals surface area contributed by atoms with Gasteiger partial charge in [-0.25, -0.2) is 4.39 Å². The molecular weight excluding hydrogens is 419 g/mol. The maximum Gasteiger partial charge on any atom is 0.170 e. The van der Waals surface area contributed by atoms with E-state index in [0.717, 1.165) is 72.5 Å². The van der Waals surface area contributed by atoms with Gasteiger partial charge in [-0.2, -0.15) is 0 Å². The molecule has 7 heteroatoms. The van der Waals surface area contributed by atoms with Gasteiger partial charge < -0.3 is 19.3 Å². The number of nitrogens with zero attached hydrogens (tertiary/aromatic N) is 1. The van der Waals surface area contributed by atoms with Gasteiger partial charge in [0.05, 0.1) is 19.4 Å². The van der Waals surface area contributed by atoms with Crippen LogP contribution in [0, 0.1) is 5.82 Å². The van der Waals surface area contributed by atoms with Crippen LogP contribution in [0.1, 0.15) is 48.9 Å². The molecule has 31 heavy (non-hydrogen) atoms. The smallest absolute Gasteiger partial charge is 0.170 e. The fourth-order valence-corrected chi connectivity index (χ4v) is 4.27. The van der Waals surface area contributed by atoms with Crippen molar-refractivity contribution < 1.29 is 18.4 Å². The van der Waals surface area contributed by atoms with Gasteiger partial charge in [0.1, 0.15) is 17.3 Å². The van der Waals surface area contributed by atoms with Crippen LogP contribution in [0.5, 0.6) is 11.5 Å². The van der Waals surface area contributed by atoms with E-state index >= 15 is 0 Å². The predicted molar refractivity (Wildman–Crippen MR) is 122 cm³/mol. The largest absolute Gasteiger partial charge is 0.496 e. The molecule has 0 bridgehead atoms. The Bertz CT molecular complexity index is 1000. The molecule has 2 aromatic carbocycles. The number of halogens is 2. The zero-order valence-electron chi connectivity index (χ0n) is 18.1. The Labute approximate surface area is 188 Å². The molecule has 0 amide bonds. The number of nitrogens with one attached hydrogen (secondary N) is 1. The topological polar surface area (TPSA) is 56.5 Å². The van der Waals surface area contributed by atoms with E-state index in [4.69, 9.17) is 14.0 Å². The number of rotatable bonds is 8. The first-order valence-corrected chi connectivity index (χ1v) is 10.8. The van der Waals surface area contributed by atoms with Crippen LogP contribution in [-0.2, 0) is 12.8 Å². The summed E-state index contributed by atoms with van der Waals surface area (Å²) in [5.41, 5.74) is 3.62. The second-order valence-corrected chi connectivity index (χ2v) is 7.81. The monoisotopic (exact) mass is 448 g/mol. The van der Waals surface area contributed by atoms with Crippen LogP contribution in [0.3, 0.4) is 0 Å². The van der Waals surface area contributed by atoms with Crippen molar-refractivity contribution in [1.82, 2.24) is 10.5 Å². The van der Waals surface area contributed by atoms with Gasteiger partial charge in [-0.15, -0.1) is 12.4 Å². The van der Waals surface area contributed by atoms with Gasteiger partial charge in [0.25, 0.3) is 0 Å². The number of hydrogen-bond acceptors (Lipinski definition) is 5. The number of aryl methyl sites for hydroxylation is 2. The first kappa shape index (κ1) is 23.4. The molecule has 0 aliphatic carbocycles. The van der Waals surface area contributed by atoms with E-state index in [0.29, 0.717) is 24.5 Å². The third kappa shape index (κ3) is 5.31. The molecule has 5 nitrogen and oxygen atoms in total. The number of aromatic nitrogens is 1. The van der Waals surface area contributed by atoms with Crippen molar-refractivity contribution >= 4 is 23.4 Å². The van der Waals surface area contributed by atoms with Crippen LogP contribution in [0.15, 0.2) is 34.9 Å². The molecule has 1 aliphatic heterocycles. The fourth-order valence-electron chi connectivity index (χ4n) is 4.27. The molecule has 4 rings (SSSR count). The Morgan fingerprint density at radius 3 is 2.71 bits per heavy atom. The Morgan fingerprint density at radius 2 is 1.97 bits per heavy atom. The van der Waals surface area contributed by atoms with Gasteiger partial charge in [0.2, 0.25) is 0 Å². The van der Waals surface area contributed by atoms with E-state index in [-0.39, 0.29) is 18.2 Å². The molecule has 1 aromatic heterocycles. The average Bonchev–Trinajstić information content (AvgIpc) is 3.21. The van der Waals surface area contributed by atoms with Gasteiger partial charge in [0, 0.05) is 23.4 Å². The van der Waals surface area contributed by atoms with Gasteiger partial charge in [0.15, 0.2) is 5.58 Å². The van der Waals surface area contributed by atoms with Crippen molar-refractivity contribution in [3.8, 4) is 11.5 Å². The van der Waals surface area contributed by atoms with E-state index in [9.17, 15) is 4.39 Å². The number of piperidine rings is 1. The van der Waals surface area contributed by atoms with E-state index < -0.39 is 0 Å². The Hall–Kier alpha value is -2.31. The average molecular weight is 449 g/mol. The summed E-state index contributed by atoms with van der Waals surface area (Å²) >= 11 is 0. The fraction of sp³-hybridized carbons (Fsp3) is 0.458. The molecule has 2 heterocycles. The van der Waals surface area contributed by atoms with E-state index in [1.807, 2.05) is 18.2 Å². The predicted octanol–water partition coefficient (Wildman–Crippen LogP) is 5.44. The van der Waals surface area contributed by atoms with Crippen molar-refractivity contribution in [2.45, 2.75) is 44.9 Å². The van der Waals surface area contributed by atoms with Crippen molar-refractivity contribution in [2.24, 2.45) is 0 Å². The minimum atomic E-state index is -0.286. The van der Waals surface area contributed by atoms with Crippen LogP contribution < -0.4 is 14.8 Å². The number of ether oxygens (including phenoxy) is 2. The van der Waals surface area contributed by atoms with E-state index in [1.165, 1.54) is 6.07 Å². The summed E-state index contributed by atoms with van der Waals surface area (Å²) < 4.78 is 31.0. The highest BCUT2D eigenvalue weighted by Gasteiger charge is 2.23. The van der Waals surface area contributed by atoms with Crippen LogP contribution in [0.25, 0.3) is 11.0 Å². The van der Waals surface area contributed by atoms with Crippen molar-refractivity contribution in [3.63, 3.8) is 0 Å².